The molecule has 0 spiro atoms. The Morgan fingerprint density at radius 2 is 1.94 bits per heavy atom. The second kappa shape index (κ2) is 6.14. The van der Waals surface area contributed by atoms with Crippen molar-refractivity contribution in [3.8, 4) is 0 Å². The molecule has 3 N–H and O–H groups in total. The predicted molar refractivity (Wildman–Crippen MR) is 56.8 cm³/mol. The Balaban J connectivity index is 4.38. The molecule has 0 saturated heterocycles. The van der Waals surface area contributed by atoms with E-state index in [4.69, 9.17) is 9.66 Å². The summed E-state index contributed by atoms with van der Waals surface area (Å²) >= 11 is 0. The van der Waals surface area contributed by atoms with E-state index in [0.717, 1.165) is 0 Å². The van der Waals surface area contributed by atoms with Gasteiger partial charge in [-0.05, 0) is 13.5 Å². The molecule has 8 heteroatoms. The topological polar surface area (TPSA) is 115 Å². The Kier molecular flexibility index (Phi) is 5.87. The van der Waals surface area contributed by atoms with Gasteiger partial charge in [0.25, 0.3) is 10.1 Å². The summed E-state index contributed by atoms with van der Waals surface area (Å²) in [4.78, 5) is 12.1. The predicted octanol–water partition coefficient (Wildman–Crippen LogP) is -0.970. The molecule has 2 atom stereocenters. The first-order chi connectivity index (χ1) is 7.17. The van der Waals surface area contributed by atoms with Crippen LogP contribution in [0.5, 0.6) is 0 Å². The molecule has 1 unspecified atom stereocenters. The highest BCUT2D eigenvalue weighted by molar-refractivity contribution is 7.85. The molecule has 0 aliphatic carbocycles. The number of hydrogen-bond acceptors (Lipinski definition) is 5. The van der Waals surface area contributed by atoms with Crippen molar-refractivity contribution < 1.29 is 28.0 Å². The van der Waals surface area contributed by atoms with E-state index in [1.54, 1.807) is 6.92 Å². The number of carboxylic acid groups (broad SMARTS) is 1. The van der Waals surface area contributed by atoms with E-state index in [2.05, 4.69) is 0 Å². The first-order valence-electron chi connectivity index (χ1n) is 4.77. The average molecular weight is 255 g/mol. The Bertz CT molecular complexity index is 327. The van der Waals surface area contributed by atoms with Crippen molar-refractivity contribution in [1.29, 1.82) is 0 Å². The lowest BCUT2D eigenvalue weighted by Crippen LogP contribution is -2.44. The third kappa shape index (κ3) is 6.01. The second-order valence-electron chi connectivity index (χ2n) is 3.50. The van der Waals surface area contributed by atoms with Crippen molar-refractivity contribution in [1.82, 2.24) is 4.90 Å². The van der Waals surface area contributed by atoms with E-state index in [1.165, 1.54) is 11.8 Å². The summed E-state index contributed by atoms with van der Waals surface area (Å²) in [5.41, 5.74) is 0. The second-order valence-corrected chi connectivity index (χ2v) is 5.00. The van der Waals surface area contributed by atoms with Crippen LogP contribution in [0, 0.1) is 0 Å². The summed E-state index contributed by atoms with van der Waals surface area (Å²) < 4.78 is 29.5. The van der Waals surface area contributed by atoms with Crippen LogP contribution in [-0.4, -0.2) is 65.0 Å². The van der Waals surface area contributed by atoms with Crippen LogP contribution in [0.2, 0.25) is 0 Å². The van der Waals surface area contributed by atoms with Crippen LogP contribution >= 0.6 is 0 Å². The molecule has 0 aromatic rings. The lowest BCUT2D eigenvalue weighted by Gasteiger charge is -2.26. The minimum absolute atomic E-state index is 0.121. The molecule has 0 radical (unpaired) electrons. The van der Waals surface area contributed by atoms with Gasteiger partial charge in [-0.1, -0.05) is 6.92 Å². The molecule has 96 valence electrons. The minimum Gasteiger partial charge on any atom is -0.480 e. The maximum Gasteiger partial charge on any atom is 0.320 e. The Labute approximate surface area is 94.4 Å². The Morgan fingerprint density at radius 1 is 1.44 bits per heavy atom. The van der Waals surface area contributed by atoms with E-state index in [0.29, 0.717) is 6.54 Å². The fraction of sp³-hybridized carbons (Fsp3) is 0.875. The van der Waals surface area contributed by atoms with Gasteiger partial charge in [0, 0.05) is 6.54 Å². The molecule has 16 heavy (non-hydrogen) atoms. The van der Waals surface area contributed by atoms with Gasteiger partial charge in [-0.3, -0.25) is 14.2 Å². The van der Waals surface area contributed by atoms with Crippen LogP contribution in [-0.2, 0) is 14.9 Å². The standard InChI is InChI=1S/C8H17NO6S/c1-3-9(6(2)8(11)12)4-7(10)5-16(13,14)15/h6-7,10H,3-5H2,1-2H3,(H,11,12)(H,13,14,15)/t6-,7?/m0/s1. The summed E-state index contributed by atoms with van der Waals surface area (Å²) in [6.07, 6.45) is -1.31. The number of carbonyl (C=O) groups is 1. The van der Waals surface area contributed by atoms with Crippen molar-refractivity contribution in [2.24, 2.45) is 0 Å². The average Bonchev–Trinajstić information content (AvgIpc) is 2.09. The first kappa shape index (κ1) is 15.3. The van der Waals surface area contributed by atoms with Gasteiger partial charge in [0.2, 0.25) is 0 Å². The van der Waals surface area contributed by atoms with Gasteiger partial charge in [-0.2, -0.15) is 8.42 Å². The highest BCUT2D eigenvalue weighted by Gasteiger charge is 2.23. The molecule has 0 bridgehead atoms. The molecular formula is C8H17NO6S. The molecule has 0 rings (SSSR count). The van der Waals surface area contributed by atoms with Crippen molar-refractivity contribution in [3.05, 3.63) is 0 Å². The van der Waals surface area contributed by atoms with Crippen LogP contribution in [0.1, 0.15) is 13.8 Å². The first-order valence-corrected chi connectivity index (χ1v) is 6.38. The molecule has 7 nitrogen and oxygen atoms in total. The van der Waals surface area contributed by atoms with Crippen molar-refractivity contribution in [2.45, 2.75) is 26.0 Å². The van der Waals surface area contributed by atoms with E-state index in [-0.39, 0.29) is 6.54 Å². The van der Waals surface area contributed by atoms with Gasteiger partial charge >= 0.3 is 5.97 Å². The number of aliphatic hydroxyl groups excluding tert-OH is 1. The van der Waals surface area contributed by atoms with Crippen LogP contribution in [0.15, 0.2) is 0 Å². The largest absolute Gasteiger partial charge is 0.480 e. The number of aliphatic hydroxyl groups is 1. The number of carboxylic acids is 1. The molecule has 0 saturated carbocycles. The molecule has 0 aliphatic rings. The van der Waals surface area contributed by atoms with Crippen LogP contribution in [0.25, 0.3) is 0 Å². The zero-order valence-electron chi connectivity index (χ0n) is 9.20. The van der Waals surface area contributed by atoms with Gasteiger partial charge in [0.05, 0.1) is 6.10 Å². The number of aliphatic carboxylic acids is 1. The molecule has 0 aromatic carbocycles. The fourth-order valence-electron chi connectivity index (χ4n) is 1.28. The number of rotatable bonds is 7. The molecule has 0 fully saturated rings. The monoisotopic (exact) mass is 255 g/mol. The highest BCUT2D eigenvalue weighted by Crippen LogP contribution is 2.02. The third-order valence-electron chi connectivity index (χ3n) is 2.16. The van der Waals surface area contributed by atoms with Gasteiger partial charge in [0.1, 0.15) is 11.8 Å². The highest BCUT2D eigenvalue weighted by atomic mass is 32.2. The van der Waals surface area contributed by atoms with Crippen LogP contribution in [0.4, 0.5) is 0 Å². The lowest BCUT2D eigenvalue weighted by atomic mass is 10.2. The zero-order valence-corrected chi connectivity index (χ0v) is 10.0. The zero-order chi connectivity index (χ0) is 12.9. The quantitative estimate of drug-likeness (QED) is 0.501. The normalized spacial score (nSPS) is 16.1. The van der Waals surface area contributed by atoms with Crippen molar-refractivity contribution in [3.63, 3.8) is 0 Å². The van der Waals surface area contributed by atoms with Gasteiger partial charge in [-0.25, -0.2) is 0 Å². The van der Waals surface area contributed by atoms with Gasteiger partial charge < -0.3 is 10.2 Å². The van der Waals surface area contributed by atoms with E-state index < -0.39 is 34.0 Å². The maximum atomic E-state index is 10.7. The van der Waals surface area contributed by atoms with Crippen LogP contribution < -0.4 is 0 Å². The van der Waals surface area contributed by atoms with Crippen molar-refractivity contribution in [2.75, 3.05) is 18.8 Å². The summed E-state index contributed by atoms with van der Waals surface area (Å²) in [6, 6.07) is -0.818. The fourth-order valence-corrected chi connectivity index (χ4v) is 1.88. The molecule has 0 aliphatic heterocycles. The molecule has 0 amide bonds. The Morgan fingerprint density at radius 3 is 2.25 bits per heavy atom. The third-order valence-corrected chi connectivity index (χ3v) is 2.97. The van der Waals surface area contributed by atoms with E-state index in [1.807, 2.05) is 0 Å². The molecular weight excluding hydrogens is 238 g/mol. The summed E-state index contributed by atoms with van der Waals surface area (Å²) in [5.74, 6) is -1.85. The van der Waals surface area contributed by atoms with Gasteiger partial charge in [0.15, 0.2) is 0 Å². The minimum atomic E-state index is -4.25. The summed E-state index contributed by atoms with van der Waals surface area (Å²) in [6.45, 7) is 3.37. The maximum absolute atomic E-state index is 10.7. The summed E-state index contributed by atoms with van der Waals surface area (Å²) in [7, 11) is -4.25. The van der Waals surface area contributed by atoms with E-state index >= 15 is 0 Å². The summed E-state index contributed by atoms with van der Waals surface area (Å²) in [5, 5.41) is 18.1. The number of hydrogen-bond donors (Lipinski definition) is 3. The number of nitrogens with zero attached hydrogens (tertiary/aromatic N) is 1. The van der Waals surface area contributed by atoms with Gasteiger partial charge in [-0.15, -0.1) is 0 Å². The van der Waals surface area contributed by atoms with Crippen molar-refractivity contribution >= 4 is 16.1 Å². The SMILES string of the molecule is CCN(CC(O)CS(=O)(=O)O)[C@@H](C)C(=O)O. The number of likely N-dealkylation sites (N-methyl/N-ethyl adjacent to an activating group) is 1. The smallest absolute Gasteiger partial charge is 0.320 e. The van der Waals surface area contributed by atoms with E-state index in [9.17, 15) is 18.3 Å². The molecule has 0 aromatic heterocycles. The molecule has 0 heterocycles. The lowest BCUT2D eigenvalue weighted by molar-refractivity contribution is -0.142. The Hall–Kier alpha value is -0.700. The van der Waals surface area contributed by atoms with Crippen LogP contribution in [0.3, 0.4) is 0 Å².